The van der Waals surface area contributed by atoms with Crippen LogP contribution in [0.5, 0.6) is 5.75 Å². The van der Waals surface area contributed by atoms with E-state index in [0.717, 1.165) is 51.3 Å². The number of nitrogens with one attached hydrogen (secondary N) is 1. The molecule has 4 aromatic rings. The maximum atomic E-state index is 13.9. The van der Waals surface area contributed by atoms with Crippen molar-refractivity contribution in [1.82, 2.24) is 4.98 Å². The highest BCUT2D eigenvalue weighted by Gasteiger charge is 2.57. The van der Waals surface area contributed by atoms with Crippen molar-refractivity contribution in [3.8, 4) is 5.75 Å². The van der Waals surface area contributed by atoms with Gasteiger partial charge >= 0.3 is 4.87 Å². The molecule has 1 fully saturated rings. The van der Waals surface area contributed by atoms with Crippen molar-refractivity contribution in [2.75, 3.05) is 4.90 Å². The van der Waals surface area contributed by atoms with Crippen LogP contribution in [-0.2, 0) is 16.2 Å². The number of nitro benzene ring substituents is 1. The molecule has 0 aliphatic carbocycles. The summed E-state index contributed by atoms with van der Waals surface area (Å²) >= 11 is 1.98. The lowest BCUT2D eigenvalue weighted by Gasteiger charge is -2.30. The number of rotatable bonds is 6. The fraction of sp³-hybridized carbons (Fsp3) is 0.179. The van der Waals surface area contributed by atoms with Crippen LogP contribution in [0, 0.1) is 28.8 Å². The Hall–Kier alpha value is -4.29. The number of hydrogen-bond acceptors (Lipinski definition) is 8. The third kappa shape index (κ3) is 4.38. The average molecular weight is 578 g/mol. The number of aromatic nitrogens is 1. The van der Waals surface area contributed by atoms with Gasteiger partial charge in [0.1, 0.15) is 23.4 Å². The molecule has 3 heterocycles. The molecule has 2 aliphatic rings. The van der Waals surface area contributed by atoms with E-state index in [1.807, 2.05) is 31.2 Å². The first-order valence-electron chi connectivity index (χ1n) is 12.2. The lowest BCUT2D eigenvalue weighted by molar-refractivity contribution is -0.385. The highest BCUT2D eigenvalue weighted by molar-refractivity contribution is 8.00. The third-order valence-corrected chi connectivity index (χ3v) is 9.49. The van der Waals surface area contributed by atoms with Gasteiger partial charge in [0, 0.05) is 28.5 Å². The van der Waals surface area contributed by atoms with Gasteiger partial charge in [-0.2, -0.15) is 0 Å². The Kier molecular flexibility index (Phi) is 6.51. The van der Waals surface area contributed by atoms with Crippen LogP contribution in [-0.4, -0.2) is 27.0 Å². The van der Waals surface area contributed by atoms with Crippen molar-refractivity contribution in [1.29, 1.82) is 0 Å². The minimum absolute atomic E-state index is 0.165. The molecule has 0 bridgehead atoms. The van der Waals surface area contributed by atoms with Crippen molar-refractivity contribution in [3.05, 3.63) is 114 Å². The molecule has 0 radical (unpaired) electrons. The second-order valence-electron chi connectivity index (χ2n) is 9.43. The molecule has 0 saturated carbocycles. The van der Waals surface area contributed by atoms with Crippen LogP contribution in [0.1, 0.15) is 27.5 Å². The molecule has 9 nitrogen and oxygen atoms in total. The van der Waals surface area contributed by atoms with Gasteiger partial charge in [-0.25, -0.2) is 9.29 Å². The summed E-state index contributed by atoms with van der Waals surface area (Å²) in [5, 5.41) is 11.3. The number of nitro groups is 1. The lowest BCUT2D eigenvalue weighted by atomic mass is 9.82. The third-order valence-electron chi connectivity index (χ3n) is 7.09. The number of imide groups is 1. The Balaban J connectivity index is 1.48. The number of fused-ring (bicyclic) bond motifs is 2. The summed E-state index contributed by atoms with van der Waals surface area (Å²) < 4.78 is 19.8. The highest BCUT2D eigenvalue weighted by Crippen LogP contribution is 2.55. The molecular formula is C28H20FN3O6S2. The van der Waals surface area contributed by atoms with Gasteiger partial charge in [0.25, 0.3) is 5.69 Å². The molecule has 1 N–H and O–H groups in total. The Labute approximate surface area is 234 Å². The van der Waals surface area contributed by atoms with Gasteiger partial charge in [-0.3, -0.25) is 24.5 Å². The number of H-pyrrole nitrogens is 1. The van der Waals surface area contributed by atoms with Crippen LogP contribution in [0.15, 0.2) is 76.6 Å². The topological polar surface area (TPSA) is 123 Å². The van der Waals surface area contributed by atoms with E-state index >= 15 is 0 Å². The SMILES string of the molecule is Cc1ccccc1COc1ccc([N+](=O)[O-])cc1C1c2sc(=O)[nH]c2SC2C(=O)N(c3ccc(F)cc3)C(=O)C21. The Morgan fingerprint density at radius 1 is 1.05 bits per heavy atom. The number of aryl methyl sites for hydroxylation is 1. The van der Waals surface area contributed by atoms with Crippen LogP contribution in [0.4, 0.5) is 15.8 Å². The number of hydrogen-bond donors (Lipinski definition) is 1. The van der Waals surface area contributed by atoms with Gasteiger partial charge < -0.3 is 9.72 Å². The summed E-state index contributed by atoms with van der Waals surface area (Å²) in [6.07, 6.45) is 0. The first-order valence-corrected chi connectivity index (χ1v) is 13.9. The molecule has 40 heavy (non-hydrogen) atoms. The first-order chi connectivity index (χ1) is 19.2. The number of thiazole rings is 1. The van der Waals surface area contributed by atoms with Gasteiger partial charge in [0.05, 0.1) is 21.6 Å². The summed E-state index contributed by atoms with van der Waals surface area (Å²) in [6.45, 7) is 2.10. The van der Waals surface area contributed by atoms with E-state index < -0.39 is 39.6 Å². The molecule has 0 spiro atoms. The molecule has 1 aromatic heterocycles. The molecule has 3 atom stereocenters. The normalized spacial score (nSPS) is 19.9. The van der Waals surface area contributed by atoms with Crippen LogP contribution in [0.3, 0.4) is 0 Å². The molecule has 3 unspecified atom stereocenters. The lowest BCUT2D eigenvalue weighted by Crippen LogP contribution is -2.32. The van der Waals surface area contributed by atoms with Crippen molar-refractivity contribution in [3.63, 3.8) is 0 Å². The summed E-state index contributed by atoms with van der Waals surface area (Å²) in [5.41, 5.74) is 2.24. The zero-order valence-corrected chi connectivity index (χ0v) is 22.5. The summed E-state index contributed by atoms with van der Waals surface area (Å²) in [6, 6.07) is 16.8. The zero-order chi connectivity index (χ0) is 28.1. The molecular weight excluding hydrogens is 557 g/mol. The van der Waals surface area contributed by atoms with E-state index in [-0.39, 0.29) is 22.9 Å². The monoisotopic (exact) mass is 577 g/mol. The molecule has 2 amide bonds. The fourth-order valence-corrected chi connectivity index (χ4v) is 7.65. The van der Waals surface area contributed by atoms with Crippen molar-refractivity contribution < 1.29 is 23.6 Å². The van der Waals surface area contributed by atoms with Crippen molar-refractivity contribution >= 4 is 46.3 Å². The molecule has 2 aliphatic heterocycles. The first kappa shape index (κ1) is 26.0. The van der Waals surface area contributed by atoms with Crippen molar-refractivity contribution in [2.24, 2.45) is 5.92 Å². The summed E-state index contributed by atoms with van der Waals surface area (Å²) in [4.78, 5) is 55.1. The predicted octanol–water partition coefficient (Wildman–Crippen LogP) is 5.17. The summed E-state index contributed by atoms with van der Waals surface area (Å²) in [7, 11) is 0. The fourth-order valence-electron chi connectivity index (χ4n) is 5.15. The number of non-ortho nitro benzene ring substituents is 1. The second-order valence-corrected chi connectivity index (χ2v) is 11.6. The molecule has 6 rings (SSSR count). The number of ether oxygens (including phenoxy) is 1. The van der Waals surface area contributed by atoms with Crippen molar-refractivity contribution in [2.45, 2.75) is 29.7 Å². The molecule has 202 valence electrons. The smallest absolute Gasteiger partial charge is 0.305 e. The largest absolute Gasteiger partial charge is 0.489 e. The minimum Gasteiger partial charge on any atom is -0.489 e. The number of amides is 2. The van der Waals surface area contributed by atoms with Gasteiger partial charge in [-0.1, -0.05) is 47.4 Å². The number of anilines is 1. The Bertz CT molecular complexity index is 1730. The minimum atomic E-state index is -0.982. The van der Waals surface area contributed by atoms with Crippen LogP contribution in [0.2, 0.25) is 0 Å². The standard InChI is InChI=1S/C28H20FN3O6S2/c1-14-4-2-3-5-15(14)13-38-20-11-10-18(32(36)37)12-19(20)21-22-24(39-25-23(21)40-28(35)30-25)27(34)31(26(22)33)17-8-6-16(29)7-9-17/h2-12,21-22,24H,13H2,1H3,(H,30,35). The van der Waals surface area contributed by atoms with Gasteiger partial charge in [0.2, 0.25) is 11.8 Å². The Morgan fingerprint density at radius 2 is 1.80 bits per heavy atom. The number of aromatic amines is 1. The zero-order valence-electron chi connectivity index (χ0n) is 20.8. The van der Waals surface area contributed by atoms with Crippen LogP contribution >= 0.6 is 23.1 Å². The maximum absolute atomic E-state index is 13.9. The van der Waals surface area contributed by atoms with E-state index in [2.05, 4.69) is 4.98 Å². The maximum Gasteiger partial charge on any atom is 0.305 e. The van der Waals surface area contributed by atoms with E-state index in [0.29, 0.717) is 21.2 Å². The van der Waals surface area contributed by atoms with Gasteiger partial charge in [-0.05, 0) is 48.4 Å². The van der Waals surface area contributed by atoms with Gasteiger partial charge in [0.15, 0.2) is 0 Å². The van der Waals surface area contributed by atoms with Crippen LogP contribution in [0.25, 0.3) is 0 Å². The van der Waals surface area contributed by atoms with Crippen LogP contribution < -0.4 is 14.5 Å². The summed E-state index contributed by atoms with van der Waals surface area (Å²) in [5.74, 6) is -3.12. The van der Waals surface area contributed by atoms with E-state index in [9.17, 15) is 28.9 Å². The van der Waals surface area contributed by atoms with E-state index in [1.54, 1.807) is 0 Å². The number of nitrogens with zero attached hydrogens (tertiary/aromatic N) is 2. The number of carbonyl (C=O) groups excluding carboxylic acids is 2. The second kappa shape index (κ2) is 10.0. The molecule has 3 aromatic carbocycles. The number of thioether (sulfide) groups is 1. The number of benzene rings is 3. The number of halogens is 1. The highest BCUT2D eigenvalue weighted by atomic mass is 32.2. The average Bonchev–Trinajstić information content (AvgIpc) is 3.43. The van der Waals surface area contributed by atoms with E-state index in [4.69, 9.17) is 4.74 Å². The molecule has 12 heteroatoms. The van der Waals surface area contributed by atoms with Gasteiger partial charge in [-0.15, -0.1) is 0 Å². The Morgan fingerprint density at radius 3 is 2.52 bits per heavy atom. The number of carbonyl (C=O) groups is 2. The predicted molar refractivity (Wildman–Crippen MR) is 147 cm³/mol. The quantitative estimate of drug-likeness (QED) is 0.191. The molecule has 1 saturated heterocycles. The van der Waals surface area contributed by atoms with E-state index in [1.165, 1.54) is 30.3 Å².